The van der Waals surface area contributed by atoms with E-state index in [1.807, 2.05) is 12.1 Å². The highest BCUT2D eigenvalue weighted by Gasteiger charge is 2.54. The number of methoxy groups -OCH3 is 1. The number of amides is 1. The lowest BCUT2D eigenvalue weighted by atomic mass is 9.52. The summed E-state index contributed by atoms with van der Waals surface area (Å²) in [7, 11) is 1.69. The lowest BCUT2D eigenvalue weighted by Gasteiger charge is -2.60. The molecule has 4 aliphatic carbocycles. The van der Waals surface area contributed by atoms with Crippen molar-refractivity contribution in [3.05, 3.63) is 36.2 Å². The Morgan fingerprint density at radius 2 is 1.97 bits per heavy atom. The standard InChI is InChI=1S/C22H28N4O2S/c1-28-19-4-2-3-15(8-19)12-26(20(27)13-29-21-23-14-24-25-21)22-9-16-5-17(10-22)7-18(6-16)11-22/h2-4,8,14,16-18H,5-7,9-13H2,1H3,(H,23,24,25). The third-order valence-electron chi connectivity index (χ3n) is 7.08. The molecule has 4 fully saturated rings. The van der Waals surface area contributed by atoms with Gasteiger partial charge in [0, 0.05) is 12.1 Å². The lowest BCUT2D eigenvalue weighted by molar-refractivity contribution is -0.149. The van der Waals surface area contributed by atoms with Gasteiger partial charge in [0.1, 0.15) is 12.1 Å². The molecule has 0 spiro atoms. The molecule has 0 saturated heterocycles. The van der Waals surface area contributed by atoms with Gasteiger partial charge in [0.25, 0.3) is 0 Å². The van der Waals surface area contributed by atoms with Crippen LogP contribution < -0.4 is 4.74 Å². The van der Waals surface area contributed by atoms with E-state index in [9.17, 15) is 4.79 Å². The van der Waals surface area contributed by atoms with Gasteiger partial charge in [0.2, 0.25) is 5.91 Å². The normalized spacial score (nSPS) is 29.8. The van der Waals surface area contributed by atoms with E-state index >= 15 is 0 Å². The van der Waals surface area contributed by atoms with Gasteiger partial charge in [-0.25, -0.2) is 4.98 Å². The second kappa shape index (κ2) is 7.67. The minimum Gasteiger partial charge on any atom is -0.497 e. The zero-order chi connectivity index (χ0) is 19.8. The molecule has 1 aromatic heterocycles. The molecule has 0 radical (unpaired) electrons. The maximum absolute atomic E-state index is 13.5. The SMILES string of the molecule is COc1cccc(CN(C(=O)CSc2ncn[nH]2)C23CC4CC(CC(C4)C2)C3)c1. The molecular formula is C22H28N4O2S. The smallest absolute Gasteiger partial charge is 0.233 e. The molecule has 0 atom stereocenters. The summed E-state index contributed by atoms with van der Waals surface area (Å²) in [4.78, 5) is 19.9. The molecule has 1 heterocycles. The quantitative estimate of drug-likeness (QED) is 0.699. The largest absolute Gasteiger partial charge is 0.497 e. The van der Waals surface area contributed by atoms with Crippen LogP contribution in [0.3, 0.4) is 0 Å². The highest BCUT2D eigenvalue weighted by molar-refractivity contribution is 7.99. The first-order chi connectivity index (χ1) is 14.1. The molecule has 1 N–H and O–H groups in total. The Kier molecular flexibility index (Phi) is 5.02. The number of carbonyl (C=O) groups excluding carboxylic acids is 1. The van der Waals surface area contributed by atoms with Crippen LogP contribution in [0.15, 0.2) is 35.7 Å². The van der Waals surface area contributed by atoms with E-state index in [1.54, 1.807) is 7.11 Å². The maximum Gasteiger partial charge on any atom is 0.233 e. The molecular weight excluding hydrogens is 384 g/mol. The van der Waals surface area contributed by atoms with Crippen LogP contribution in [0.2, 0.25) is 0 Å². The van der Waals surface area contributed by atoms with Crippen LogP contribution >= 0.6 is 11.8 Å². The maximum atomic E-state index is 13.5. The van der Waals surface area contributed by atoms with Gasteiger partial charge >= 0.3 is 0 Å². The van der Waals surface area contributed by atoms with Gasteiger partial charge in [-0.05, 0) is 74.0 Å². The predicted molar refractivity (Wildman–Crippen MR) is 112 cm³/mol. The summed E-state index contributed by atoms with van der Waals surface area (Å²) in [5.41, 5.74) is 1.16. The van der Waals surface area contributed by atoms with E-state index in [0.29, 0.717) is 17.5 Å². The first-order valence-electron chi connectivity index (χ1n) is 10.5. The summed E-state index contributed by atoms with van der Waals surface area (Å²) in [5, 5.41) is 7.44. The van der Waals surface area contributed by atoms with Gasteiger partial charge < -0.3 is 9.64 Å². The van der Waals surface area contributed by atoms with E-state index in [0.717, 1.165) is 29.1 Å². The third-order valence-corrected chi connectivity index (χ3v) is 7.94. The Labute approximate surface area is 175 Å². The number of benzene rings is 1. The zero-order valence-corrected chi connectivity index (χ0v) is 17.7. The van der Waals surface area contributed by atoms with E-state index < -0.39 is 0 Å². The topological polar surface area (TPSA) is 71.1 Å². The average Bonchev–Trinajstić information content (AvgIpc) is 3.23. The molecule has 4 aliphatic rings. The summed E-state index contributed by atoms with van der Waals surface area (Å²) < 4.78 is 5.42. The molecule has 6 rings (SSSR count). The van der Waals surface area contributed by atoms with Crippen LogP contribution in [0.25, 0.3) is 0 Å². The minimum absolute atomic E-state index is 0.0247. The van der Waals surface area contributed by atoms with Gasteiger partial charge in [0.15, 0.2) is 5.16 Å². The zero-order valence-electron chi connectivity index (χ0n) is 16.8. The second-order valence-corrected chi connectivity index (χ2v) is 10.0. The molecule has 6 nitrogen and oxygen atoms in total. The Balaban J connectivity index is 1.41. The molecule has 7 heteroatoms. The fourth-order valence-electron chi connectivity index (χ4n) is 6.34. The molecule has 29 heavy (non-hydrogen) atoms. The number of hydrogen-bond donors (Lipinski definition) is 1. The van der Waals surface area contributed by atoms with Crippen molar-refractivity contribution in [1.29, 1.82) is 0 Å². The number of nitrogens with zero attached hydrogens (tertiary/aromatic N) is 3. The number of H-pyrrole nitrogens is 1. The van der Waals surface area contributed by atoms with Crippen molar-refractivity contribution in [2.45, 2.75) is 55.8 Å². The minimum atomic E-state index is 0.0247. The number of hydrogen-bond acceptors (Lipinski definition) is 5. The van der Waals surface area contributed by atoms with Crippen molar-refractivity contribution in [1.82, 2.24) is 20.1 Å². The number of aromatic amines is 1. The number of nitrogens with one attached hydrogen (secondary N) is 1. The van der Waals surface area contributed by atoms with Crippen LogP contribution in [0.5, 0.6) is 5.75 Å². The van der Waals surface area contributed by atoms with E-state index in [2.05, 4.69) is 32.2 Å². The van der Waals surface area contributed by atoms with Gasteiger partial charge in [0.05, 0.1) is 12.9 Å². The van der Waals surface area contributed by atoms with Crippen LogP contribution in [-0.4, -0.2) is 44.4 Å². The monoisotopic (exact) mass is 412 g/mol. The van der Waals surface area contributed by atoms with E-state index in [1.165, 1.54) is 56.6 Å². The number of aromatic nitrogens is 3. The number of thioether (sulfide) groups is 1. The van der Waals surface area contributed by atoms with Gasteiger partial charge in [-0.2, -0.15) is 5.10 Å². The molecule has 4 saturated carbocycles. The molecule has 1 aromatic carbocycles. The first-order valence-corrected chi connectivity index (χ1v) is 11.5. The van der Waals surface area contributed by atoms with Crippen LogP contribution in [0.1, 0.15) is 44.1 Å². The summed E-state index contributed by atoms with van der Waals surface area (Å²) in [6.07, 6.45) is 9.10. The van der Waals surface area contributed by atoms with Crippen LogP contribution in [0.4, 0.5) is 0 Å². The highest BCUT2D eigenvalue weighted by Crippen LogP contribution is 2.58. The van der Waals surface area contributed by atoms with Gasteiger partial charge in [-0.15, -0.1) is 0 Å². The van der Waals surface area contributed by atoms with Crippen molar-refractivity contribution in [3.8, 4) is 5.75 Å². The second-order valence-electron chi connectivity index (χ2n) is 9.05. The summed E-state index contributed by atoms with van der Waals surface area (Å²) in [5.74, 6) is 3.82. The summed E-state index contributed by atoms with van der Waals surface area (Å²) >= 11 is 1.44. The Bertz CT molecular complexity index is 834. The fourth-order valence-corrected chi connectivity index (χ4v) is 7.00. The molecule has 4 bridgehead atoms. The highest BCUT2D eigenvalue weighted by atomic mass is 32.2. The van der Waals surface area contributed by atoms with E-state index in [-0.39, 0.29) is 11.4 Å². The number of rotatable bonds is 7. The van der Waals surface area contributed by atoms with Gasteiger partial charge in [-0.1, -0.05) is 23.9 Å². The predicted octanol–water partition coefficient (Wildman–Crippen LogP) is 3.90. The van der Waals surface area contributed by atoms with Crippen molar-refractivity contribution >= 4 is 17.7 Å². The van der Waals surface area contributed by atoms with Crippen molar-refractivity contribution in [2.24, 2.45) is 17.8 Å². The molecule has 2 aromatic rings. The Morgan fingerprint density at radius 1 is 1.24 bits per heavy atom. The summed E-state index contributed by atoms with van der Waals surface area (Å²) in [6, 6.07) is 8.14. The molecule has 0 aliphatic heterocycles. The number of ether oxygens (including phenoxy) is 1. The van der Waals surface area contributed by atoms with E-state index in [4.69, 9.17) is 4.74 Å². The van der Waals surface area contributed by atoms with Gasteiger partial charge in [-0.3, -0.25) is 9.89 Å². The van der Waals surface area contributed by atoms with Crippen LogP contribution in [-0.2, 0) is 11.3 Å². The summed E-state index contributed by atoms with van der Waals surface area (Å²) in [6.45, 7) is 0.652. The number of carbonyl (C=O) groups is 1. The first kappa shape index (κ1) is 19.0. The average molecular weight is 413 g/mol. The third kappa shape index (κ3) is 3.77. The molecule has 1 amide bonds. The Hall–Kier alpha value is -2.02. The van der Waals surface area contributed by atoms with Crippen LogP contribution in [0, 0.1) is 17.8 Å². The van der Waals surface area contributed by atoms with Crippen molar-refractivity contribution in [3.63, 3.8) is 0 Å². The molecule has 154 valence electrons. The van der Waals surface area contributed by atoms with Crippen molar-refractivity contribution in [2.75, 3.05) is 12.9 Å². The fraction of sp³-hybridized carbons (Fsp3) is 0.591. The Morgan fingerprint density at radius 3 is 2.59 bits per heavy atom. The van der Waals surface area contributed by atoms with Crippen molar-refractivity contribution < 1.29 is 9.53 Å². The lowest BCUT2D eigenvalue weighted by Crippen LogP contribution is -2.61. The molecule has 0 unspecified atom stereocenters.